The van der Waals surface area contributed by atoms with Gasteiger partial charge >= 0.3 is 0 Å². The van der Waals surface area contributed by atoms with Crippen molar-refractivity contribution in [2.24, 2.45) is 7.05 Å². The van der Waals surface area contributed by atoms with Crippen molar-refractivity contribution in [2.75, 3.05) is 19.6 Å². The van der Waals surface area contributed by atoms with Crippen LogP contribution in [0.1, 0.15) is 25.2 Å². The molecule has 0 saturated heterocycles. The van der Waals surface area contributed by atoms with E-state index in [9.17, 15) is 4.79 Å². The maximum Gasteiger partial charge on any atom is 0.267 e. The number of hydrogen-bond acceptors (Lipinski definition) is 4. The molecular weight excluding hydrogens is 292 g/mol. The van der Waals surface area contributed by atoms with Gasteiger partial charge in [0.05, 0.1) is 11.0 Å². The normalized spacial score (nSPS) is 11.7. The molecule has 2 rings (SSSR count). The molecule has 0 aliphatic carbocycles. The number of fused-ring (bicyclic) bond motifs is 1. The van der Waals surface area contributed by atoms with E-state index >= 15 is 0 Å². The molecule has 124 valence electrons. The number of rotatable bonds is 7. The Hall–Kier alpha value is -2.18. The van der Waals surface area contributed by atoms with Crippen LogP contribution in [0.5, 0.6) is 0 Å². The van der Waals surface area contributed by atoms with Crippen molar-refractivity contribution in [3.63, 3.8) is 0 Å². The van der Waals surface area contributed by atoms with E-state index in [-0.39, 0.29) is 0 Å². The minimum absolute atomic E-state index is 0.550. The number of carbonyl (C=O) groups excluding carboxylic acids is 1. The number of benzene rings is 1. The van der Waals surface area contributed by atoms with Crippen molar-refractivity contribution in [1.29, 1.82) is 0 Å². The SMILES string of the molecule is CCN(CC)CCc1nc2cc(/C=C/C(=O)NO)ccc2n1C. The molecule has 1 aromatic carbocycles. The zero-order valence-corrected chi connectivity index (χ0v) is 13.9. The maximum absolute atomic E-state index is 11.0. The minimum atomic E-state index is -0.550. The van der Waals surface area contributed by atoms with Gasteiger partial charge in [-0.2, -0.15) is 0 Å². The molecule has 0 aliphatic heterocycles. The molecule has 23 heavy (non-hydrogen) atoms. The van der Waals surface area contributed by atoms with Gasteiger partial charge in [-0.25, -0.2) is 10.5 Å². The average molecular weight is 316 g/mol. The van der Waals surface area contributed by atoms with Gasteiger partial charge in [-0.1, -0.05) is 19.9 Å². The number of imidazole rings is 1. The lowest BCUT2D eigenvalue weighted by Crippen LogP contribution is -2.26. The third-order valence-corrected chi connectivity index (χ3v) is 4.08. The van der Waals surface area contributed by atoms with Gasteiger partial charge < -0.3 is 9.47 Å². The predicted octanol–water partition coefficient (Wildman–Crippen LogP) is 1.98. The summed E-state index contributed by atoms with van der Waals surface area (Å²) < 4.78 is 2.12. The first-order chi connectivity index (χ1) is 11.1. The first kappa shape index (κ1) is 17.2. The molecule has 0 aliphatic rings. The summed E-state index contributed by atoms with van der Waals surface area (Å²) in [6.45, 7) is 7.41. The van der Waals surface area contributed by atoms with Crippen LogP contribution in [0.3, 0.4) is 0 Å². The highest BCUT2D eigenvalue weighted by atomic mass is 16.5. The molecule has 1 aromatic heterocycles. The van der Waals surface area contributed by atoms with E-state index in [1.807, 2.05) is 25.2 Å². The number of hydrogen-bond donors (Lipinski definition) is 2. The third kappa shape index (κ3) is 4.18. The molecule has 2 N–H and O–H groups in total. The summed E-state index contributed by atoms with van der Waals surface area (Å²) in [5.74, 6) is 0.507. The van der Waals surface area contributed by atoms with E-state index in [0.29, 0.717) is 0 Å². The molecule has 1 heterocycles. The highest BCUT2D eigenvalue weighted by Gasteiger charge is 2.09. The summed E-state index contributed by atoms with van der Waals surface area (Å²) >= 11 is 0. The molecule has 0 atom stereocenters. The Morgan fingerprint density at radius 3 is 2.78 bits per heavy atom. The molecule has 6 nitrogen and oxygen atoms in total. The number of carbonyl (C=O) groups is 1. The second-order valence-electron chi connectivity index (χ2n) is 5.42. The average Bonchev–Trinajstić information content (AvgIpc) is 2.89. The summed E-state index contributed by atoms with van der Waals surface area (Å²) in [6.07, 6.45) is 3.84. The number of hydroxylamine groups is 1. The molecule has 0 saturated carbocycles. The van der Waals surface area contributed by atoms with Crippen molar-refractivity contribution in [3.05, 3.63) is 35.7 Å². The smallest absolute Gasteiger partial charge is 0.267 e. The lowest BCUT2D eigenvalue weighted by molar-refractivity contribution is -0.124. The van der Waals surface area contributed by atoms with Crippen LogP contribution in [-0.2, 0) is 18.3 Å². The molecule has 0 radical (unpaired) electrons. The predicted molar refractivity (Wildman–Crippen MR) is 91.2 cm³/mol. The molecule has 2 aromatic rings. The summed E-state index contributed by atoms with van der Waals surface area (Å²) in [4.78, 5) is 18.1. The van der Waals surface area contributed by atoms with Gasteiger partial charge in [0.1, 0.15) is 5.82 Å². The largest absolute Gasteiger partial charge is 0.331 e. The van der Waals surface area contributed by atoms with Crippen molar-refractivity contribution < 1.29 is 10.0 Å². The van der Waals surface area contributed by atoms with Gasteiger partial charge in [-0.05, 0) is 36.9 Å². The van der Waals surface area contributed by atoms with E-state index < -0.39 is 5.91 Å². The first-order valence-corrected chi connectivity index (χ1v) is 7.88. The highest BCUT2D eigenvalue weighted by molar-refractivity contribution is 5.91. The van der Waals surface area contributed by atoms with Gasteiger partial charge in [0.2, 0.25) is 0 Å². The maximum atomic E-state index is 11.0. The zero-order chi connectivity index (χ0) is 16.8. The lowest BCUT2D eigenvalue weighted by atomic mass is 10.2. The van der Waals surface area contributed by atoms with Crippen molar-refractivity contribution in [1.82, 2.24) is 19.9 Å². The van der Waals surface area contributed by atoms with E-state index in [2.05, 4.69) is 23.3 Å². The fourth-order valence-electron chi connectivity index (χ4n) is 2.60. The van der Waals surface area contributed by atoms with E-state index in [1.165, 1.54) is 6.08 Å². The van der Waals surface area contributed by atoms with Crippen LogP contribution >= 0.6 is 0 Å². The first-order valence-electron chi connectivity index (χ1n) is 7.88. The summed E-state index contributed by atoms with van der Waals surface area (Å²) in [6, 6.07) is 5.87. The van der Waals surface area contributed by atoms with Crippen LogP contribution in [0.4, 0.5) is 0 Å². The third-order valence-electron chi connectivity index (χ3n) is 4.08. The van der Waals surface area contributed by atoms with Gasteiger partial charge in [-0.15, -0.1) is 0 Å². The Morgan fingerprint density at radius 2 is 2.13 bits per heavy atom. The van der Waals surface area contributed by atoms with Crippen LogP contribution in [0, 0.1) is 0 Å². The second-order valence-corrected chi connectivity index (χ2v) is 5.42. The van der Waals surface area contributed by atoms with Crippen LogP contribution in [0.25, 0.3) is 17.1 Å². The number of amides is 1. The van der Waals surface area contributed by atoms with Crippen LogP contribution in [-0.4, -0.2) is 45.2 Å². The minimum Gasteiger partial charge on any atom is -0.331 e. The van der Waals surface area contributed by atoms with Crippen molar-refractivity contribution >= 4 is 23.0 Å². The Bertz CT molecular complexity index is 702. The number of aromatic nitrogens is 2. The second kappa shape index (κ2) is 7.89. The lowest BCUT2D eigenvalue weighted by Gasteiger charge is -2.17. The van der Waals surface area contributed by atoms with Crippen molar-refractivity contribution in [2.45, 2.75) is 20.3 Å². The molecule has 0 fully saturated rings. The molecule has 1 amide bonds. The summed E-state index contributed by atoms with van der Waals surface area (Å²) in [5, 5.41) is 8.50. The van der Waals surface area contributed by atoms with Gasteiger partial charge in [0, 0.05) is 26.1 Å². The van der Waals surface area contributed by atoms with Gasteiger partial charge in [-0.3, -0.25) is 10.0 Å². The van der Waals surface area contributed by atoms with Crippen LogP contribution in [0.15, 0.2) is 24.3 Å². The van der Waals surface area contributed by atoms with Crippen LogP contribution in [0.2, 0.25) is 0 Å². The van der Waals surface area contributed by atoms with E-state index in [1.54, 1.807) is 11.6 Å². The quantitative estimate of drug-likeness (QED) is 0.465. The number of nitrogens with zero attached hydrogens (tertiary/aromatic N) is 3. The highest BCUT2D eigenvalue weighted by Crippen LogP contribution is 2.18. The summed E-state index contributed by atoms with van der Waals surface area (Å²) in [5.41, 5.74) is 4.43. The molecular formula is C17H24N4O2. The Balaban J connectivity index is 2.20. The number of likely N-dealkylation sites (N-methyl/N-ethyl adjacent to an activating group) is 1. The summed E-state index contributed by atoms with van der Waals surface area (Å²) in [7, 11) is 2.03. The van der Waals surface area contributed by atoms with Crippen LogP contribution < -0.4 is 5.48 Å². The monoisotopic (exact) mass is 316 g/mol. The number of nitrogens with one attached hydrogen (secondary N) is 1. The molecule has 0 spiro atoms. The molecule has 6 heteroatoms. The fraction of sp³-hybridized carbons (Fsp3) is 0.412. The van der Waals surface area contributed by atoms with E-state index in [4.69, 9.17) is 10.2 Å². The zero-order valence-electron chi connectivity index (χ0n) is 13.9. The standard InChI is InChI=1S/C17H24N4O2/c1-4-21(5-2)11-10-16-18-14-12-13(7-9-17(22)19-23)6-8-15(14)20(16)3/h6-9,12,23H,4-5,10-11H2,1-3H3,(H,19,22)/b9-7+. The van der Waals surface area contributed by atoms with E-state index in [0.717, 1.165) is 48.5 Å². The van der Waals surface area contributed by atoms with Gasteiger partial charge in [0.15, 0.2) is 0 Å². The molecule has 0 unspecified atom stereocenters. The number of aryl methyl sites for hydroxylation is 1. The Kier molecular flexibility index (Phi) is 5.90. The molecule has 0 bridgehead atoms. The van der Waals surface area contributed by atoms with Gasteiger partial charge in [0.25, 0.3) is 5.91 Å². The fourth-order valence-corrected chi connectivity index (χ4v) is 2.60. The van der Waals surface area contributed by atoms with Crippen molar-refractivity contribution in [3.8, 4) is 0 Å². The topological polar surface area (TPSA) is 70.4 Å². The Morgan fingerprint density at radius 1 is 1.39 bits per heavy atom. The Labute approximate surface area is 136 Å².